The highest BCUT2D eigenvalue weighted by Gasteiger charge is 2.47. The second-order valence-electron chi connectivity index (χ2n) is 6.68. The summed E-state index contributed by atoms with van der Waals surface area (Å²) in [6, 6.07) is 3.47. The molecule has 126 valence electrons. The number of amides is 1. The molecule has 23 heavy (non-hydrogen) atoms. The van der Waals surface area contributed by atoms with E-state index in [-0.39, 0.29) is 22.8 Å². The Bertz CT molecular complexity index is 645. The molecule has 2 aliphatic rings. The number of hydrogen-bond acceptors (Lipinski definition) is 3. The average Bonchev–Trinajstić information content (AvgIpc) is 2.87. The molecule has 4 unspecified atom stereocenters. The lowest BCUT2D eigenvalue weighted by atomic mass is 9.79. The van der Waals surface area contributed by atoms with Gasteiger partial charge in [-0.1, -0.05) is 6.42 Å². The lowest BCUT2D eigenvalue weighted by Crippen LogP contribution is -2.41. The molecule has 0 radical (unpaired) electrons. The zero-order valence-corrected chi connectivity index (χ0v) is 14.4. The van der Waals surface area contributed by atoms with E-state index in [2.05, 4.69) is 17.3 Å². The number of halogens is 1. The van der Waals surface area contributed by atoms with Crippen molar-refractivity contribution in [1.29, 1.82) is 0 Å². The number of likely N-dealkylation sites (tertiary alicyclic amines) is 1. The molecule has 5 nitrogen and oxygen atoms in total. The van der Waals surface area contributed by atoms with Gasteiger partial charge in [-0.3, -0.25) is 9.59 Å². The van der Waals surface area contributed by atoms with Crippen molar-refractivity contribution in [3.05, 3.63) is 28.7 Å². The number of hydrogen-bond donors (Lipinski definition) is 1. The zero-order valence-electron chi connectivity index (χ0n) is 13.7. The van der Waals surface area contributed by atoms with Gasteiger partial charge in [0.05, 0.1) is 11.6 Å². The van der Waals surface area contributed by atoms with E-state index in [0.29, 0.717) is 24.2 Å². The third-order valence-electron chi connectivity index (χ3n) is 5.27. The van der Waals surface area contributed by atoms with Crippen molar-refractivity contribution >= 4 is 23.2 Å². The summed E-state index contributed by atoms with van der Waals surface area (Å²) in [7, 11) is 2.06. The van der Waals surface area contributed by atoms with E-state index in [9.17, 15) is 9.59 Å². The summed E-state index contributed by atoms with van der Waals surface area (Å²) < 4.78 is 1.59. The molecule has 0 bridgehead atoms. The van der Waals surface area contributed by atoms with E-state index in [1.807, 2.05) is 6.92 Å². The number of pyridine rings is 1. The first kappa shape index (κ1) is 16.5. The van der Waals surface area contributed by atoms with Crippen LogP contribution in [0.1, 0.15) is 26.2 Å². The minimum absolute atomic E-state index is 0.0337. The number of nitrogens with one attached hydrogen (secondary N) is 1. The summed E-state index contributed by atoms with van der Waals surface area (Å²) in [6.07, 6.45) is 4.89. The van der Waals surface area contributed by atoms with Gasteiger partial charge in [0.2, 0.25) is 5.91 Å². The van der Waals surface area contributed by atoms with Crippen molar-refractivity contribution in [2.24, 2.45) is 11.8 Å². The highest BCUT2D eigenvalue weighted by Crippen LogP contribution is 2.41. The highest BCUT2D eigenvalue weighted by molar-refractivity contribution is 6.21. The van der Waals surface area contributed by atoms with Gasteiger partial charge in [0, 0.05) is 36.8 Å². The Balaban J connectivity index is 1.74. The van der Waals surface area contributed by atoms with Crippen molar-refractivity contribution in [3.8, 4) is 0 Å². The quantitative estimate of drug-likeness (QED) is 0.860. The molecule has 1 aliphatic heterocycles. The van der Waals surface area contributed by atoms with Crippen molar-refractivity contribution < 1.29 is 4.79 Å². The molecule has 1 amide bonds. The van der Waals surface area contributed by atoms with Crippen LogP contribution in [0.5, 0.6) is 0 Å². The molecular formula is C17H24ClN3O2. The SMILES string of the molecule is CCn1cc(NC(=O)C2CN(C)C3C(Cl)CCCC23)ccc1=O. The molecule has 3 rings (SSSR count). The van der Waals surface area contributed by atoms with E-state index in [4.69, 9.17) is 11.6 Å². The normalized spacial score (nSPS) is 30.9. The molecule has 1 saturated carbocycles. The largest absolute Gasteiger partial charge is 0.324 e. The second kappa shape index (κ2) is 6.65. The van der Waals surface area contributed by atoms with E-state index in [1.54, 1.807) is 16.8 Å². The van der Waals surface area contributed by atoms with Gasteiger partial charge < -0.3 is 14.8 Å². The highest BCUT2D eigenvalue weighted by atomic mass is 35.5. The number of aromatic nitrogens is 1. The van der Waals surface area contributed by atoms with Gasteiger partial charge >= 0.3 is 0 Å². The Kier molecular flexibility index (Phi) is 4.78. The molecule has 0 spiro atoms. The number of rotatable bonds is 3. The van der Waals surface area contributed by atoms with Crippen LogP contribution < -0.4 is 10.9 Å². The number of fused-ring (bicyclic) bond motifs is 1. The fourth-order valence-corrected chi connectivity index (χ4v) is 4.67. The van der Waals surface area contributed by atoms with Crippen molar-refractivity contribution in [2.75, 3.05) is 18.9 Å². The molecule has 0 aromatic carbocycles. The van der Waals surface area contributed by atoms with Crippen LogP contribution in [0.3, 0.4) is 0 Å². The Morgan fingerprint density at radius 2 is 2.17 bits per heavy atom. The van der Waals surface area contributed by atoms with Gasteiger partial charge in [-0.05, 0) is 38.8 Å². The summed E-state index contributed by atoms with van der Waals surface area (Å²) in [5.74, 6) is 0.332. The summed E-state index contributed by atoms with van der Waals surface area (Å²) >= 11 is 6.49. The van der Waals surface area contributed by atoms with Gasteiger partial charge in [-0.25, -0.2) is 0 Å². The van der Waals surface area contributed by atoms with Gasteiger partial charge in [-0.15, -0.1) is 11.6 Å². The van der Waals surface area contributed by atoms with E-state index in [0.717, 1.165) is 25.8 Å². The topological polar surface area (TPSA) is 54.3 Å². The van der Waals surface area contributed by atoms with Crippen molar-refractivity contribution in [1.82, 2.24) is 9.47 Å². The fraction of sp³-hybridized carbons (Fsp3) is 0.647. The number of nitrogens with zero attached hydrogens (tertiary/aromatic N) is 2. The fourth-order valence-electron chi connectivity index (χ4n) is 4.13. The minimum Gasteiger partial charge on any atom is -0.324 e. The molecule has 1 N–H and O–H groups in total. The summed E-state index contributed by atoms with van der Waals surface area (Å²) in [5.41, 5.74) is 0.629. The van der Waals surface area contributed by atoms with Crippen LogP contribution >= 0.6 is 11.6 Å². The zero-order chi connectivity index (χ0) is 16.6. The summed E-state index contributed by atoms with van der Waals surface area (Å²) in [4.78, 5) is 26.6. The maximum absolute atomic E-state index is 12.7. The van der Waals surface area contributed by atoms with E-state index >= 15 is 0 Å². The molecule has 1 aliphatic carbocycles. The van der Waals surface area contributed by atoms with E-state index in [1.165, 1.54) is 6.07 Å². The number of carbonyl (C=O) groups excluding carboxylic acids is 1. The van der Waals surface area contributed by atoms with Crippen LogP contribution in [-0.2, 0) is 11.3 Å². The predicted octanol–water partition coefficient (Wildman–Crippen LogP) is 2.14. The van der Waals surface area contributed by atoms with Crippen molar-refractivity contribution in [3.63, 3.8) is 0 Å². The van der Waals surface area contributed by atoms with Crippen LogP contribution in [0.4, 0.5) is 5.69 Å². The smallest absolute Gasteiger partial charge is 0.250 e. The number of alkyl halides is 1. The lowest BCUT2D eigenvalue weighted by molar-refractivity contribution is -0.120. The number of aryl methyl sites for hydroxylation is 1. The Morgan fingerprint density at radius 3 is 2.91 bits per heavy atom. The second-order valence-corrected chi connectivity index (χ2v) is 7.24. The van der Waals surface area contributed by atoms with Crippen LogP contribution in [0.2, 0.25) is 0 Å². The van der Waals surface area contributed by atoms with Gasteiger partial charge in [-0.2, -0.15) is 0 Å². The average molecular weight is 338 g/mol. The molecule has 2 heterocycles. The molecule has 1 aromatic heterocycles. The van der Waals surface area contributed by atoms with E-state index < -0.39 is 0 Å². The molecule has 4 atom stereocenters. The maximum Gasteiger partial charge on any atom is 0.250 e. The maximum atomic E-state index is 12.7. The molecule has 2 fully saturated rings. The molecule has 6 heteroatoms. The Hall–Kier alpha value is -1.33. The van der Waals surface area contributed by atoms with Crippen LogP contribution in [0.15, 0.2) is 23.1 Å². The van der Waals surface area contributed by atoms with Crippen LogP contribution in [0.25, 0.3) is 0 Å². The Labute approximate surface area is 141 Å². The number of anilines is 1. The van der Waals surface area contributed by atoms with Gasteiger partial charge in [0.25, 0.3) is 5.56 Å². The molecular weight excluding hydrogens is 314 g/mol. The monoisotopic (exact) mass is 337 g/mol. The summed E-state index contributed by atoms with van der Waals surface area (Å²) in [5, 5.41) is 3.12. The third-order valence-corrected chi connectivity index (χ3v) is 5.74. The van der Waals surface area contributed by atoms with Crippen LogP contribution in [-0.4, -0.2) is 40.4 Å². The van der Waals surface area contributed by atoms with Crippen LogP contribution in [0, 0.1) is 11.8 Å². The predicted molar refractivity (Wildman–Crippen MR) is 91.9 cm³/mol. The summed E-state index contributed by atoms with van der Waals surface area (Å²) in [6.45, 7) is 3.25. The first-order valence-electron chi connectivity index (χ1n) is 8.37. The lowest BCUT2D eigenvalue weighted by Gasteiger charge is -2.34. The van der Waals surface area contributed by atoms with Gasteiger partial charge in [0.1, 0.15) is 0 Å². The molecule has 1 saturated heterocycles. The standard InChI is InChI=1S/C17H24ClN3O2/c1-3-21-9-11(7-8-15(21)22)19-17(23)13-10-20(2)16-12(13)5-4-6-14(16)18/h7-9,12-14,16H,3-6,10H2,1-2H3,(H,19,23). The van der Waals surface area contributed by atoms with Gasteiger partial charge in [0.15, 0.2) is 0 Å². The Morgan fingerprint density at radius 1 is 1.39 bits per heavy atom. The van der Waals surface area contributed by atoms with Crippen molar-refractivity contribution in [2.45, 2.75) is 44.1 Å². The third kappa shape index (κ3) is 3.17. The first-order valence-corrected chi connectivity index (χ1v) is 8.80. The minimum atomic E-state index is -0.0524. The first-order chi connectivity index (χ1) is 11.0. The number of carbonyl (C=O) groups is 1. The molecule has 1 aromatic rings.